The summed E-state index contributed by atoms with van der Waals surface area (Å²) in [5, 5.41) is 0. The minimum atomic E-state index is -4.69. The van der Waals surface area contributed by atoms with Crippen LogP contribution < -0.4 is 10.5 Å². The molecule has 2 atom stereocenters. The van der Waals surface area contributed by atoms with Gasteiger partial charge >= 0.3 is 6.36 Å². The van der Waals surface area contributed by atoms with Gasteiger partial charge in [0, 0.05) is 25.6 Å². The van der Waals surface area contributed by atoms with Crippen molar-refractivity contribution in [3.8, 4) is 5.75 Å². The predicted molar refractivity (Wildman–Crippen MR) is 84.4 cm³/mol. The summed E-state index contributed by atoms with van der Waals surface area (Å²) >= 11 is 0. The van der Waals surface area contributed by atoms with Crippen LogP contribution in [0.4, 0.5) is 13.2 Å². The van der Waals surface area contributed by atoms with E-state index in [9.17, 15) is 18.0 Å². The van der Waals surface area contributed by atoms with E-state index >= 15 is 0 Å². The molecule has 1 aromatic carbocycles. The summed E-state index contributed by atoms with van der Waals surface area (Å²) in [6.45, 7) is 3.34. The Labute approximate surface area is 139 Å². The van der Waals surface area contributed by atoms with E-state index in [1.54, 1.807) is 12.1 Å². The average Bonchev–Trinajstić information content (AvgIpc) is 2.52. The van der Waals surface area contributed by atoms with Crippen molar-refractivity contribution in [2.24, 2.45) is 11.7 Å². The third-order valence-corrected chi connectivity index (χ3v) is 4.35. The Hall–Kier alpha value is -1.76. The number of nitrogens with two attached hydrogens (primary N) is 1. The van der Waals surface area contributed by atoms with E-state index in [4.69, 9.17) is 5.73 Å². The van der Waals surface area contributed by atoms with E-state index in [0.29, 0.717) is 25.3 Å². The third kappa shape index (κ3) is 5.40. The molecule has 1 amide bonds. The maximum absolute atomic E-state index is 12.4. The molecule has 0 spiro atoms. The van der Waals surface area contributed by atoms with Crippen molar-refractivity contribution in [2.75, 3.05) is 13.1 Å². The fraction of sp³-hybridized carbons (Fsp3) is 0.588. The van der Waals surface area contributed by atoms with Crippen molar-refractivity contribution in [3.63, 3.8) is 0 Å². The predicted octanol–water partition coefficient (Wildman–Crippen LogP) is 3.10. The summed E-state index contributed by atoms with van der Waals surface area (Å²) < 4.78 is 40.2. The summed E-state index contributed by atoms with van der Waals surface area (Å²) in [6.07, 6.45) is -1.99. The van der Waals surface area contributed by atoms with Crippen LogP contribution >= 0.6 is 0 Å². The van der Waals surface area contributed by atoms with E-state index in [-0.39, 0.29) is 17.7 Å². The first-order valence-corrected chi connectivity index (χ1v) is 8.12. The number of amides is 1. The van der Waals surface area contributed by atoms with Gasteiger partial charge in [-0.05, 0) is 42.9 Å². The number of piperidine rings is 1. The first-order valence-electron chi connectivity index (χ1n) is 8.12. The monoisotopic (exact) mass is 344 g/mol. The first kappa shape index (κ1) is 18.6. The van der Waals surface area contributed by atoms with Crippen LogP contribution in [0.3, 0.4) is 0 Å². The van der Waals surface area contributed by atoms with Gasteiger partial charge in [0.05, 0.1) is 0 Å². The topological polar surface area (TPSA) is 55.6 Å². The summed E-state index contributed by atoms with van der Waals surface area (Å²) in [7, 11) is 0. The lowest BCUT2D eigenvalue weighted by Crippen LogP contribution is -2.49. The van der Waals surface area contributed by atoms with Gasteiger partial charge < -0.3 is 15.4 Å². The van der Waals surface area contributed by atoms with Crippen LogP contribution in [0.5, 0.6) is 5.75 Å². The molecule has 24 heavy (non-hydrogen) atoms. The smallest absolute Gasteiger partial charge is 0.406 e. The normalized spacial score (nSPS) is 21.6. The van der Waals surface area contributed by atoms with Gasteiger partial charge in [-0.2, -0.15) is 0 Å². The Morgan fingerprint density at radius 2 is 2.00 bits per heavy atom. The number of benzene rings is 1. The molecule has 0 saturated carbocycles. The second-order valence-electron chi connectivity index (χ2n) is 6.30. The number of ether oxygens (including phenoxy) is 1. The third-order valence-electron chi connectivity index (χ3n) is 4.35. The molecule has 134 valence electrons. The van der Waals surface area contributed by atoms with Crippen LogP contribution in [-0.2, 0) is 11.2 Å². The molecule has 0 radical (unpaired) electrons. The first-order chi connectivity index (χ1) is 11.3. The number of carbonyl (C=O) groups is 1. The Morgan fingerprint density at radius 3 is 2.58 bits per heavy atom. The van der Waals surface area contributed by atoms with Gasteiger partial charge in [0.1, 0.15) is 5.75 Å². The lowest BCUT2D eigenvalue weighted by atomic mass is 9.92. The average molecular weight is 344 g/mol. The van der Waals surface area contributed by atoms with Gasteiger partial charge in [-0.3, -0.25) is 4.79 Å². The molecule has 1 aliphatic heterocycles. The highest BCUT2D eigenvalue weighted by Gasteiger charge is 2.31. The Balaban J connectivity index is 1.87. The van der Waals surface area contributed by atoms with Crippen molar-refractivity contribution >= 4 is 5.91 Å². The SMILES string of the molecule is CC1CCN(C(=O)CCc2ccc(OC(F)(F)F)cc2)C(CN)C1. The highest BCUT2D eigenvalue weighted by atomic mass is 19.4. The Kier molecular flexibility index (Phi) is 6.10. The van der Waals surface area contributed by atoms with Crippen LogP contribution in [0.25, 0.3) is 0 Å². The standard InChI is InChI=1S/C17H23F3N2O2/c1-12-8-9-22(14(10-12)11-21)16(23)7-4-13-2-5-15(6-3-13)24-17(18,19)20/h2-3,5-6,12,14H,4,7-11,21H2,1H3. The number of aryl methyl sites for hydroxylation is 1. The number of rotatable bonds is 5. The lowest BCUT2D eigenvalue weighted by molar-refractivity contribution is -0.274. The van der Waals surface area contributed by atoms with E-state index in [1.807, 2.05) is 4.90 Å². The second kappa shape index (κ2) is 7.88. The van der Waals surface area contributed by atoms with Crippen molar-refractivity contribution in [2.45, 2.75) is 45.0 Å². The molecule has 1 aliphatic rings. The lowest BCUT2D eigenvalue weighted by Gasteiger charge is -2.38. The van der Waals surface area contributed by atoms with Gasteiger partial charge in [-0.15, -0.1) is 13.2 Å². The number of hydrogen-bond donors (Lipinski definition) is 1. The van der Waals surface area contributed by atoms with Crippen molar-refractivity contribution in [1.82, 2.24) is 4.90 Å². The molecule has 0 bridgehead atoms. The van der Waals surface area contributed by atoms with Gasteiger partial charge in [0.25, 0.3) is 0 Å². The molecule has 2 unspecified atom stereocenters. The number of hydrogen-bond acceptors (Lipinski definition) is 3. The van der Waals surface area contributed by atoms with E-state index in [1.165, 1.54) is 12.1 Å². The number of likely N-dealkylation sites (tertiary alicyclic amines) is 1. The van der Waals surface area contributed by atoms with E-state index in [2.05, 4.69) is 11.7 Å². The van der Waals surface area contributed by atoms with Crippen molar-refractivity contribution in [3.05, 3.63) is 29.8 Å². The van der Waals surface area contributed by atoms with E-state index < -0.39 is 6.36 Å². The number of halogens is 3. The summed E-state index contributed by atoms with van der Waals surface area (Å²) in [5.74, 6) is 0.363. The minimum absolute atomic E-state index is 0.0490. The Morgan fingerprint density at radius 1 is 1.33 bits per heavy atom. The minimum Gasteiger partial charge on any atom is -0.406 e. The fourth-order valence-corrected chi connectivity index (χ4v) is 3.06. The van der Waals surface area contributed by atoms with Crippen LogP contribution in [0, 0.1) is 5.92 Å². The van der Waals surface area contributed by atoms with Gasteiger partial charge in [0.2, 0.25) is 5.91 Å². The molecular formula is C17H23F3N2O2. The summed E-state index contributed by atoms with van der Waals surface area (Å²) in [5.41, 5.74) is 6.57. The fourth-order valence-electron chi connectivity index (χ4n) is 3.06. The summed E-state index contributed by atoms with van der Waals surface area (Å²) in [6, 6.07) is 5.71. The largest absolute Gasteiger partial charge is 0.573 e. The van der Waals surface area contributed by atoms with E-state index in [0.717, 1.165) is 24.9 Å². The quantitative estimate of drug-likeness (QED) is 0.893. The van der Waals surface area contributed by atoms with Crippen LogP contribution in [0.1, 0.15) is 31.7 Å². The zero-order valence-electron chi connectivity index (χ0n) is 13.7. The van der Waals surface area contributed by atoms with Crippen LogP contribution in [-0.4, -0.2) is 36.3 Å². The highest BCUT2D eigenvalue weighted by molar-refractivity contribution is 5.77. The molecule has 0 aromatic heterocycles. The van der Waals surface area contributed by atoms with Gasteiger partial charge in [-0.1, -0.05) is 19.1 Å². The molecule has 1 fully saturated rings. The summed E-state index contributed by atoms with van der Waals surface area (Å²) in [4.78, 5) is 14.2. The van der Waals surface area contributed by atoms with Crippen molar-refractivity contribution < 1.29 is 22.7 Å². The number of nitrogens with zero attached hydrogens (tertiary/aromatic N) is 1. The molecule has 2 rings (SSSR count). The zero-order valence-corrected chi connectivity index (χ0v) is 13.7. The molecule has 7 heteroatoms. The molecule has 2 N–H and O–H groups in total. The van der Waals surface area contributed by atoms with Gasteiger partial charge in [0.15, 0.2) is 0 Å². The maximum Gasteiger partial charge on any atom is 0.573 e. The molecule has 1 saturated heterocycles. The number of carbonyl (C=O) groups excluding carboxylic acids is 1. The number of alkyl halides is 3. The van der Waals surface area contributed by atoms with Crippen LogP contribution in [0.15, 0.2) is 24.3 Å². The molecular weight excluding hydrogens is 321 g/mol. The molecule has 1 aromatic rings. The van der Waals surface area contributed by atoms with Crippen molar-refractivity contribution in [1.29, 1.82) is 0 Å². The molecule has 0 aliphatic carbocycles. The van der Waals surface area contributed by atoms with Gasteiger partial charge in [-0.25, -0.2) is 0 Å². The second-order valence-corrected chi connectivity index (χ2v) is 6.30. The zero-order chi connectivity index (χ0) is 17.7. The maximum atomic E-state index is 12.4. The highest BCUT2D eigenvalue weighted by Crippen LogP contribution is 2.24. The molecule has 1 heterocycles. The van der Waals surface area contributed by atoms with Crippen LogP contribution in [0.2, 0.25) is 0 Å². The Bertz CT molecular complexity index is 546. The molecule has 4 nitrogen and oxygen atoms in total.